The molecule has 1 heterocycles. The Morgan fingerprint density at radius 2 is 1.61 bits per heavy atom. The van der Waals surface area contributed by atoms with E-state index in [1.54, 1.807) is 0 Å². The van der Waals surface area contributed by atoms with E-state index in [0.29, 0.717) is 6.04 Å². The van der Waals surface area contributed by atoms with Crippen LogP contribution in [0.4, 0.5) is 10.5 Å². The Hall–Kier alpha value is -2.36. The van der Waals surface area contributed by atoms with E-state index in [2.05, 4.69) is 39.9 Å². The van der Waals surface area contributed by atoms with Gasteiger partial charge in [-0.15, -0.1) is 0 Å². The summed E-state index contributed by atoms with van der Waals surface area (Å²) in [6, 6.07) is 12.4. The smallest absolute Gasteiger partial charge is 0.319 e. The summed E-state index contributed by atoms with van der Waals surface area (Å²) in [5.41, 5.74) is 3.33. The molecule has 1 aromatic heterocycles. The first-order chi connectivity index (χ1) is 11.3. The second kappa shape index (κ2) is 7.77. The molecular formula is C19H24N3O+. The van der Waals surface area contributed by atoms with Crippen molar-refractivity contribution in [2.75, 3.05) is 5.32 Å². The summed E-state index contributed by atoms with van der Waals surface area (Å²) in [6.07, 6.45) is 10.7. The van der Waals surface area contributed by atoms with Crippen LogP contribution in [0.15, 0.2) is 48.8 Å². The van der Waals surface area contributed by atoms with Crippen molar-refractivity contribution in [1.29, 1.82) is 0 Å². The van der Waals surface area contributed by atoms with Crippen LogP contribution in [0.25, 0.3) is 0 Å². The highest BCUT2D eigenvalue weighted by Crippen LogP contribution is 2.18. The lowest BCUT2D eigenvalue weighted by Crippen LogP contribution is -2.38. The van der Waals surface area contributed by atoms with Gasteiger partial charge in [-0.2, -0.15) is 0 Å². The number of carbonyl (C=O) groups excluding carboxylic acids is 1. The number of hydrogen-bond donors (Lipinski definition) is 2. The lowest BCUT2D eigenvalue weighted by Gasteiger charge is -2.22. The van der Waals surface area contributed by atoms with Crippen LogP contribution >= 0.6 is 0 Å². The van der Waals surface area contributed by atoms with E-state index in [4.69, 9.17) is 0 Å². The van der Waals surface area contributed by atoms with E-state index in [1.165, 1.54) is 30.4 Å². The number of amides is 2. The van der Waals surface area contributed by atoms with Gasteiger partial charge in [-0.25, -0.2) is 9.78 Å². The Morgan fingerprint density at radius 3 is 2.30 bits per heavy atom. The molecule has 1 aliphatic rings. The zero-order valence-electron chi connectivity index (χ0n) is 13.3. The van der Waals surface area contributed by atoms with Crippen molar-refractivity contribution in [3.8, 4) is 0 Å². The number of hydrogen-bond acceptors (Lipinski definition) is 1. The third-order valence-electron chi connectivity index (χ3n) is 4.35. The molecule has 3 N–H and O–H groups in total. The van der Waals surface area contributed by atoms with Crippen LogP contribution in [-0.4, -0.2) is 12.1 Å². The van der Waals surface area contributed by atoms with Gasteiger partial charge in [0, 0.05) is 23.9 Å². The van der Waals surface area contributed by atoms with Crippen LogP contribution in [-0.2, 0) is 6.42 Å². The summed E-state index contributed by atoms with van der Waals surface area (Å²) in [6.45, 7) is 0. The molecule has 23 heavy (non-hydrogen) atoms. The summed E-state index contributed by atoms with van der Waals surface area (Å²) in [7, 11) is 0. The normalized spacial score (nSPS) is 15.1. The van der Waals surface area contributed by atoms with Gasteiger partial charge in [0.2, 0.25) is 0 Å². The molecule has 4 heteroatoms. The highest BCUT2D eigenvalue weighted by molar-refractivity contribution is 5.89. The minimum absolute atomic E-state index is 0.0942. The van der Waals surface area contributed by atoms with Crippen molar-refractivity contribution in [3.63, 3.8) is 0 Å². The monoisotopic (exact) mass is 310 g/mol. The quantitative estimate of drug-likeness (QED) is 0.891. The first kappa shape index (κ1) is 15.5. The van der Waals surface area contributed by atoms with Crippen LogP contribution < -0.4 is 15.6 Å². The Kier molecular flexibility index (Phi) is 5.25. The molecule has 0 atom stereocenters. The number of aromatic nitrogens is 1. The summed E-state index contributed by atoms with van der Waals surface area (Å²) in [5.74, 6) is 0. The number of H-pyrrole nitrogens is 1. The van der Waals surface area contributed by atoms with Crippen LogP contribution in [0.2, 0.25) is 0 Å². The van der Waals surface area contributed by atoms with Crippen LogP contribution in [0.5, 0.6) is 0 Å². The standard InChI is InChI=1S/C19H23N3O/c23-19(21-17-4-2-1-3-5-17)22-18-8-6-15(7-9-18)14-16-10-12-20-13-11-16/h6-13,17H,1-5,14H2,(H2,21,22,23)/p+1. The first-order valence-electron chi connectivity index (χ1n) is 8.41. The number of nitrogens with one attached hydrogen (secondary N) is 3. The number of carbonyl (C=O) groups is 1. The Balaban J connectivity index is 1.51. The van der Waals surface area contributed by atoms with E-state index in [0.717, 1.165) is 24.9 Å². The molecule has 1 aromatic carbocycles. The molecule has 0 radical (unpaired) electrons. The maximum atomic E-state index is 12.0. The minimum atomic E-state index is -0.0942. The summed E-state index contributed by atoms with van der Waals surface area (Å²) >= 11 is 0. The average molecular weight is 310 g/mol. The predicted molar refractivity (Wildman–Crippen MR) is 91.3 cm³/mol. The molecule has 0 unspecified atom stereocenters. The molecule has 1 saturated carbocycles. The summed E-state index contributed by atoms with van der Waals surface area (Å²) in [4.78, 5) is 15.1. The van der Waals surface area contributed by atoms with E-state index in [1.807, 2.05) is 24.5 Å². The van der Waals surface area contributed by atoms with E-state index < -0.39 is 0 Å². The summed E-state index contributed by atoms with van der Waals surface area (Å²) in [5, 5.41) is 5.99. The van der Waals surface area contributed by atoms with Crippen LogP contribution in [0.3, 0.4) is 0 Å². The second-order valence-electron chi connectivity index (χ2n) is 6.22. The molecule has 1 fully saturated rings. The zero-order valence-corrected chi connectivity index (χ0v) is 13.3. The molecule has 1 aliphatic carbocycles. The zero-order chi connectivity index (χ0) is 15.9. The Labute approximate surface area is 137 Å². The van der Waals surface area contributed by atoms with Crippen LogP contribution in [0.1, 0.15) is 43.2 Å². The largest absolute Gasteiger partial charge is 0.335 e. The molecule has 4 nitrogen and oxygen atoms in total. The molecule has 2 aromatic rings. The topological polar surface area (TPSA) is 55.3 Å². The van der Waals surface area contributed by atoms with Crippen molar-refractivity contribution in [2.45, 2.75) is 44.6 Å². The van der Waals surface area contributed by atoms with E-state index >= 15 is 0 Å². The third-order valence-corrected chi connectivity index (χ3v) is 4.35. The Bertz CT molecular complexity index is 619. The molecule has 3 rings (SSSR count). The van der Waals surface area contributed by atoms with Gasteiger partial charge in [-0.05, 0) is 42.5 Å². The number of benzene rings is 1. The average Bonchev–Trinajstić information content (AvgIpc) is 2.58. The number of urea groups is 1. The van der Waals surface area contributed by atoms with Gasteiger partial charge < -0.3 is 10.6 Å². The maximum Gasteiger partial charge on any atom is 0.319 e. The third kappa shape index (κ3) is 4.81. The molecular weight excluding hydrogens is 286 g/mol. The minimum Gasteiger partial charge on any atom is -0.335 e. The van der Waals surface area contributed by atoms with Crippen LogP contribution in [0, 0.1) is 0 Å². The van der Waals surface area contributed by atoms with Gasteiger partial charge in [0.25, 0.3) is 0 Å². The number of rotatable bonds is 4. The van der Waals surface area contributed by atoms with Crippen molar-refractivity contribution in [1.82, 2.24) is 5.32 Å². The Morgan fingerprint density at radius 1 is 0.957 bits per heavy atom. The molecule has 0 bridgehead atoms. The first-order valence-corrected chi connectivity index (χ1v) is 8.41. The highest BCUT2D eigenvalue weighted by Gasteiger charge is 2.15. The summed E-state index contributed by atoms with van der Waals surface area (Å²) < 4.78 is 0. The van der Waals surface area contributed by atoms with Crippen molar-refractivity contribution in [2.24, 2.45) is 0 Å². The number of aromatic amines is 1. The van der Waals surface area contributed by atoms with Gasteiger partial charge in [0.1, 0.15) is 0 Å². The van der Waals surface area contributed by atoms with Crippen molar-refractivity contribution < 1.29 is 9.78 Å². The fraction of sp³-hybridized carbons (Fsp3) is 0.368. The maximum absolute atomic E-state index is 12.0. The van der Waals surface area contributed by atoms with Gasteiger partial charge in [0.15, 0.2) is 12.4 Å². The molecule has 2 amide bonds. The van der Waals surface area contributed by atoms with Gasteiger partial charge in [-0.1, -0.05) is 31.4 Å². The molecule has 120 valence electrons. The number of anilines is 1. The molecule has 0 spiro atoms. The SMILES string of the molecule is O=C(Nc1ccc(Cc2cc[nH+]cc2)cc1)NC1CCCCC1. The van der Waals surface area contributed by atoms with Crippen molar-refractivity contribution >= 4 is 11.7 Å². The van der Waals surface area contributed by atoms with Gasteiger partial charge in [-0.3, -0.25) is 0 Å². The van der Waals surface area contributed by atoms with E-state index in [-0.39, 0.29) is 6.03 Å². The molecule has 0 saturated heterocycles. The predicted octanol–water partition coefficient (Wildman–Crippen LogP) is 3.55. The fourth-order valence-electron chi connectivity index (χ4n) is 3.08. The fourth-order valence-corrected chi connectivity index (χ4v) is 3.08. The second-order valence-corrected chi connectivity index (χ2v) is 6.22. The lowest BCUT2D eigenvalue weighted by atomic mass is 9.96. The van der Waals surface area contributed by atoms with E-state index in [9.17, 15) is 4.79 Å². The van der Waals surface area contributed by atoms with Crippen molar-refractivity contribution in [3.05, 3.63) is 59.9 Å². The van der Waals surface area contributed by atoms with Gasteiger partial charge >= 0.3 is 6.03 Å². The molecule has 0 aliphatic heterocycles. The lowest BCUT2D eigenvalue weighted by molar-refractivity contribution is -0.378. The van der Waals surface area contributed by atoms with Gasteiger partial charge in [0.05, 0.1) is 0 Å². The number of pyridine rings is 1. The highest BCUT2D eigenvalue weighted by atomic mass is 16.2.